The number of benzene rings is 1. The Balaban J connectivity index is 0.00000261. The molecule has 1 aromatic rings. The van der Waals surface area contributed by atoms with Crippen molar-refractivity contribution in [3.05, 3.63) is 35.4 Å². The number of hydrogen-bond donors (Lipinski definition) is 2. The molecule has 1 atom stereocenters. The number of thioether (sulfide) groups is 1. The van der Waals surface area contributed by atoms with Crippen molar-refractivity contribution in [3.63, 3.8) is 0 Å². The Kier molecular flexibility index (Phi) is 10.8. The largest absolute Gasteiger partial charge is 0.379 e. The summed E-state index contributed by atoms with van der Waals surface area (Å²) in [6.07, 6.45) is 2.67. The van der Waals surface area contributed by atoms with Gasteiger partial charge in [0.2, 0.25) is 0 Å². The van der Waals surface area contributed by atoms with Gasteiger partial charge in [0, 0.05) is 38.0 Å². The van der Waals surface area contributed by atoms with Crippen molar-refractivity contribution < 1.29 is 4.74 Å². The average molecular weight is 504 g/mol. The van der Waals surface area contributed by atoms with Crippen LogP contribution in [0, 0.1) is 0 Å². The molecule has 2 saturated heterocycles. The van der Waals surface area contributed by atoms with Gasteiger partial charge in [-0.3, -0.25) is 4.90 Å². The van der Waals surface area contributed by atoms with Crippen molar-refractivity contribution in [1.82, 2.24) is 15.5 Å². The minimum Gasteiger partial charge on any atom is -0.379 e. The van der Waals surface area contributed by atoms with Crippen LogP contribution in [0.5, 0.6) is 0 Å². The van der Waals surface area contributed by atoms with Crippen molar-refractivity contribution in [2.75, 3.05) is 45.1 Å². The van der Waals surface area contributed by atoms with Crippen LogP contribution in [0.4, 0.5) is 0 Å². The third-order valence-corrected chi connectivity index (χ3v) is 6.18. The van der Waals surface area contributed by atoms with Crippen LogP contribution in [0.25, 0.3) is 0 Å². The Labute approximate surface area is 185 Å². The van der Waals surface area contributed by atoms with E-state index in [9.17, 15) is 0 Å². The maximum absolute atomic E-state index is 5.43. The summed E-state index contributed by atoms with van der Waals surface area (Å²) in [6, 6.07) is 8.82. The molecule has 0 amide bonds. The molecule has 3 rings (SSSR count). The summed E-state index contributed by atoms with van der Waals surface area (Å²) in [5.74, 6) is 2.23. The van der Waals surface area contributed by atoms with Crippen LogP contribution in [-0.2, 0) is 17.8 Å². The molecule has 1 aromatic carbocycles. The van der Waals surface area contributed by atoms with Gasteiger partial charge in [0.15, 0.2) is 5.96 Å². The molecule has 0 bridgehead atoms. The van der Waals surface area contributed by atoms with E-state index in [0.717, 1.165) is 57.1 Å². The number of morpholine rings is 1. The first-order valence-corrected chi connectivity index (χ1v) is 10.9. The summed E-state index contributed by atoms with van der Waals surface area (Å²) in [5, 5.41) is 7.61. The zero-order valence-corrected chi connectivity index (χ0v) is 19.4. The normalized spacial score (nSPS) is 20.9. The second kappa shape index (κ2) is 12.9. The lowest BCUT2D eigenvalue weighted by Gasteiger charge is -2.26. The molecule has 1 unspecified atom stereocenters. The first-order chi connectivity index (χ1) is 12.8. The summed E-state index contributed by atoms with van der Waals surface area (Å²) in [6.45, 7) is 9.47. The lowest BCUT2D eigenvalue weighted by Crippen LogP contribution is -2.40. The van der Waals surface area contributed by atoms with E-state index in [1.165, 1.54) is 29.7 Å². The molecular weight excluding hydrogens is 471 g/mol. The minimum atomic E-state index is 0. The van der Waals surface area contributed by atoms with E-state index in [4.69, 9.17) is 9.73 Å². The fourth-order valence-electron chi connectivity index (χ4n) is 3.37. The molecule has 2 N–H and O–H groups in total. The van der Waals surface area contributed by atoms with Gasteiger partial charge in [0.1, 0.15) is 0 Å². The second-order valence-corrected chi connectivity index (χ2v) is 8.33. The topological polar surface area (TPSA) is 48.9 Å². The van der Waals surface area contributed by atoms with Gasteiger partial charge in [0.25, 0.3) is 0 Å². The number of ether oxygens (including phenoxy) is 1. The van der Waals surface area contributed by atoms with Gasteiger partial charge in [-0.25, -0.2) is 4.99 Å². The summed E-state index contributed by atoms with van der Waals surface area (Å²) in [7, 11) is 0. The van der Waals surface area contributed by atoms with Crippen molar-refractivity contribution in [2.24, 2.45) is 4.99 Å². The van der Waals surface area contributed by atoms with E-state index in [1.54, 1.807) is 0 Å². The van der Waals surface area contributed by atoms with Gasteiger partial charge in [-0.15, -0.1) is 24.0 Å². The van der Waals surface area contributed by atoms with Crippen LogP contribution < -0.4 is 10.6 Å². The van der Waals surface area contributed by atoms with Crippen LogP contribution in [0.1, 0.15) is 30.9 Å². The van der Waals surface area contributed by atoms with Gasteiger partial charge < -0.3 is 15.4 Å². The monoisotopic (exact) mass is 504 g/mol. The summed E-state index contributed by atoms with van der Waals surface area (Å²) >= 11 is 2.08. The predicted molar refractivity (Wildman–Crippen MR) is 126 cm³/mol. The molecule has 0 aromatic heterocycles. The van der Waals surface area contributed by atoms with E-state index < -0.39 is 0 Å². The molecule has 0 spiro atoms. The zero-order valence-electron chi connectivity index (χ0n) is 16.3. The highest BCUT2D eigenvalue weighted by Crippen LogP contribution is 2.25. The molecule has 2 aliphatic rings. The Morgan fingerprint density at radius 3 is 2.81 bits per heavy atom. The molecular formula is C20H33IN4OS. The molecule has 7 heteroatoms. The van der Waals surface area contributed by atoms with Crippen LogP contribution in [0.2, 0.25) is 0 Å². The first-order valence-electron chi connectivity index (χ1n) is 9.85. The number of rotatable bonds is 7. The number of nitrogens with zero attached hydrogens (tertiary/aromatic N) is 2. The SMILES string of the molecule is CCNC(=NCc1cccc(CN2CCOCC2)c1)NCC1CCCS1.I. The molecule has 0 radical (unpaired) electrons. The highest BCUT2D eigenvalue weighted by atomic mass is 127. The molecule has 2 heterocycles. The maximum atomic E-state index is 5.43. The molecule has 2 fully saturated rings. The van der Waals surface area contributed by atoms with E-state index in [0.29, 0.717) is 6.54 Å². The smallest absolute Gasteiger partial charge is 0.191 e. The maximum Gasteiger partial charge on any atom is 0.191 e. The quantitative estimate of drug-likeness (QED) is 0.340. The van der Waals surface area contributed by atoms with E-state index in [2.05, 4.69) is 58.5 Å². The molecule has 152 valence electrons. The number of hydrogen-bond acceptors (Lipinski definition) is 4. The number of aliphatic imine (C=N–C) groups is 1. The van der Waals surface area contributed by atoms with Gasteiger partial charge in [0.05, 0.1) is 19.8 Å². The molecule has 27 heavy (non-hydrogen) atoms. The Morgan fingerprint density at radius 2 is 2.07 bits per heavy atom. The third-order valence-electron chi connectivity index (χ3n) is 4.79. The second-order valence-electron chi connectivity index (χ2n) is 6.92. The van der Waals surface area contributed by atoms with Crippen molar-refractivity contribution in [2.45, 2.75) is 38.1 Å². The summed E-state index contributed by atoms with van der Waals surface area (Å²) in [4.78, 5) is 7.24. The highest BCUT2D eigenvalue weighted by Gasteiger charge is 2.15. The van der Waals surface area contributed by atoms with Crippen molar-refractivity contribution in [1.29, 1.82) is 0 Å². The zero-order chi connectivity index (χ0) is 18.0. The summed E-state index contributed by atoms with van der Waals surface area (Å²) < 4.78 is 5.43. The van der Waals surface area contributed by atoms with Crippen molar-refractivity contribution >= 4 is 41.7 Å². The van der Waals surface area contributed by atoms with Crippen LogP contribution in [0.15, 0.2) is 29.3 Å². The standard InChI is InChI=1S/C20H32N4OS.HI/c1-2-21-20(23-15-19-7-4-12-26-19)22-14-17-5-3-6-18(13-17)16-24-8-10-25-11-9-24;/h3,5-6,13,19H,2,4,7-12,14-16H2,1H3,(H2,21,22,23);1H. The number of nitrogens with one attached hydrogen (secondary N) is 2. The Hall–Kier alpha value is -0.510. The molecule has 2 aliphatic heterocycles. The predicted octanol–water partition coefficient (Wildman–Crippen LogP) is 3.09. The van der Waals surface area contributed by atoms with Crippen LogP contribution in [0.3, 0.4) is 0 Å². The summed E-state index contributed by atoms with van der Waals surface area (Å²) in [5.41, 5.74) is 2.63. The molecule has 0 saturated carbocycles. The highest BCUT2D eigenvalue weighted by molar-refractivity contribution is 14.0. The van der Waals surface area contributed by atoms with Gasteiger partial charge >= 0.3 is 0 Å². The van der Waals surface area contributed by atoms with Crippen LogP contribution >= 0.6 is 35.7 Å². The molecule has 0 aliphatic carbocycles. The van der Waals surface area contributed by atoms with Crippen LogP contribution in [-0.4, -0.2) is 61.3 Å². The fraction of sp³-hybridized carbons (Fsp3) is 0.650. The van der Waals surface area contributed by atoms with Gasteiger partial charge in [-0.2, -0.15) is 11.8 Å². The van der Waals surface area contributed by atoms with Gasteiger partial charge in [-0.05, 0) is 36.6 Å². The fourth-order valence-corrected chi connectivity index (χ4v) is 4.57. The van der Waals surface area contributed by atoms with E-state index in [1.807, 2.05) is 0 Å². The van der Waals surface area contributed by atoms with Crippen molar-refractivity contribution in [3.8, 4) is 0 Å². The lowest BCUT2D eigenvalue weighted by molar-refractivity contribution is 0.0342. The average Bonchev–Trinajstić information content (AvgIpc) is 3.19. The Bertz CT molecular complexity index is 575. The van der Waals surface area contributed by atoms with E-state index in [-0.39, 0.29) is 24.0 Å². The number of halogens is 1. The first kappa shape index (κ1) is 22.8. The Morgan fingerprint density at radius 1 is 1.26 bits per heavy atom. The lowest BCUT2D eigenvalue weighted by atomic mass is 10.1. The third kappa shape index (κ3) is 8.17. The molecule has 5 nitrogen and oxygen atoms in total. The van der Waals surface area contributed by atoms with Gasteiger partial charge in [-0.1, -0.05) is 24.3 Å². The van der Waals surface area contributed by atoms with E-state index >= 15 is 0 Å². The number of guanidine groups is 1. The minimum absolute atomic E-state index is 0.